The van der Waals surface area contributed by atoms with Crippen molar-refractivity contribution >= 4 is 22.4 Å². The van der Waals surface area contributed by atoms with Crippen LogP contribution in [-0.4, -0.2) is 22.1 Å². The molecule has 0 atom stereocenters. The lowest BCUT2D eigenvalue weighted by molar-refractivity contribution is -0.118. The first-order valence-electron chi connectivity index (χ1n) is 7.60. The van der Waals surface area contributed by atoms with Gasteiger partial charge in [-0.3, -0.25) is 10.1 Å². The molecule has 0 aliphatic heterocycles. The average molecular weight is 341 g/mol. The molecule has 124 valence electrons. The van der Waals surface area contributed by atoms with E-state index in [0.29, 0.717) is 5.13 Å². The third-order valence-corrected chi connectivity index (χ3v) is 4.47. The van der Waals surface area contributed by atoms with Gasteiger partial charge < -0.3 is 9.30 Å². The molecule has 2 aromatic heterocycles. The van der Waals surface area contributed by atoms with E-state index < -0.39 is 0 Å². The molecular formula is C18H19N3O2S. The smallest absolute Gasteiger partial charge is 0.264 e. The maximum Gasteiger partial charge on any atom is 0.264 e. The fourth-order valence-corrected chi connectivity index (χ4v) is 3.22. The second-order valence-electron chi connectivity index (χ2n) is 5.60. The molecule has 1 aromatic carbocycles. The molecule has 0 saturated heterocycles. The minimum atomic E-state index is -0.217. The third-order valence-electron chi connectivity index (χ3n) is 3.71. The van der Waals surface area contributed by atoms with Crippen LogP contribution in [0.4, 0.5) is 5.13 Å². The van der Waals surface area contributed by atoms with E-state index in [1.807, 2.05) is 67.4 Å². The first-order chi connectivity index (χ1) is 11.5. The van der Waals surface area contributed by atoms with Gasteiger partial charge in [0.2, 0.25) is 0 Å². The molecular weight excluding hydrogens is 322 g/mol. The standard InChI is InChI=1S/C18H19N3O2S/c1-12-6-4-7-13(2)17(12)23-10-16(22)20-18-19-14(11-24-18)15-8-5-9-21(15)3/h4-9,11H,10H2,1-3H3,(H,19,20,22). The summed E-state index contributed by atoms with van der Waals surface area (Å²) in [5.41, 5.74) is 3.89. The van der Waals surface area contributed by atoms with Crippen molar-refractivity contribution in [2.45, 2.75) is 13.8 Å². The quantitative estimate of drug-likeness (QED) is 0.768. The maximum absolute atomic E-state index is 12.1. The summed E-state index contributed by atoms with van der Waals surface area (Å²) < 4.78 is 7.65. The Hall–Kier alpha value is -2.60. The molecule has 1 amide bonds. The minimum absolute atomic E-state index is 0.0369. The van der Waals surface area contributed by atoms with Crippen LogP contribution in [0.5, 0.6) is 5.75 Å². The predicted octanol–water partition coefficient (Wildman–Crippen LogP) is 3.78. The van der Waals surface area contributed by atoms with Crippen LogP contribution in [0.25, 0.3) is 11.4 Å². The highest BCUT2D eigenvalue weighted by molar-refractivity contribution is 7.14. The molecule has 1 N–H and O–H groups in total. The largest absolute Gasteiger partial charge is 0.483 e. The molecule has 0 radical (unpaired) electrons. The Morgan fingerprint density at radius 3 is 2.67 bits per heavy atom. The SMILES string of the molecule is Cc1cccc(C)c1OCC(=O)Nc1nc(-c2cccn2C)cs1. The molecule has 0 saturated carbocycles. The topological polar surface area (TPSA) is 56.1 Å². The van der Waals surface area contributed by atoms with Gasteiger partial charge in [0.25, 0.3) is 5.91 Å². The van der Waals surface area contributed by atoms with E-state index in [9.17, 15) is 4.79 Å². The summed E-state index contributed by atoms with van der Waals surface area (Å²) in [4.78, 5) is 16.6. The van der Waals surface area contributed by atoms with Crippen LogP contribution in [0.15, 0.2) is 41.9 Å². The number of benzene rings is 1. The number of hydrogen-bond donors (Lipinski definition) is 1. The molecule has 0 aliphatic carbocycles. The summed E-state index contributed by atoms with van der Waals surface area (Å²) in [6, 6.07) is 9.86. The number of anilines is 1. The highest BCUT2D eigenvalue weighted by atomic mass is 32.1. The summed E-state index contributed by atoms with van der Waals surface area (Å²) >= 11 is 1.40. The lowest BCUT2D eigenvalue weighted by Gasteiger charge is -2.11. The number of aromatic nitrogens is 2. The third kappa shape index (κ3) is 3.49. The number of nitrogens with one attached hydrogen (secondary N) is 1. The molecule has 0 fully saturated rings. The van der Waals surface area contributed by atoms with Gasteiger partial charge in [0, 0.05) is 18.6 Å². The second-order valence-corrected chi connectivity index (χ2v) is 6.46. The second kappa shape index (κ2) is 6.88. The molecule has 24 heavy (non-hydrogen) atoms. The normalized spacial score (nSPS) is 10.6. The van der Waals surface area contributed by atoms with Gasteiger partial charge in [-0.25, -0.2) is 4.98 Å². The fourth-order valence-electron chi connectivity index (χ4n) is 2.50. The van der Waals surface area contributed by atoms with Gasteiger partial charge in [-0.1, -0.05) is 18.2 Å². The number of ether oxygens (including phenoxy) is 1. The zero-order valence-electron chi connectivity index (χ0n) is 13.9. The van der Waals surface area contributed by atoms with Gasteiger partial charge in [-0.2, -0.15) is 0 Å². The van der Waals surface area contributed by atoms with Gasteiger partial charge in [0.15, 0.2) is 11.7 Å². The van der Waals surface area contributed by atoms with E-state index in [-0.39, 0.29) is 12.5 Å². The summed E-state index contributed by atoms with van der Waals surface area (Å²) in [7, 11) is 1.96. The van der Waals surface area contributed by atoms with Crippen molar-refractivity contribution in [1.29, 1.82) is 0 Å². The molecule has 0 bridgehead atoms. The zero-order valence-corrected chi connectivity index (χ0v) is 14.7. The molecule has 0 spiro atoms. The number of carbonyl (C=O) groups excluding carboxylic acids is 1. The highest BCUT2D eigenvalue weighted by Gasteiger charge is 2.11. The Morgan fingerprint density at radius 2 is 2.00 bits per heavy atom. The van der Waals surface area contributed by atoms with Crippen LogP contribution in [-0.2, 0) is 11.8 Å². The van der Waals surface area contributed by atoms with E-state index >= 15 is 0 Å². The van der Waals surface area contributed by atoms with E-state index in [0.717, 1.165) is 28.3 Å². The van der Waals surface area contributed by atoms with Crippen molar-refractivity contribution in [1.82, 2.24) is 9.55 Å². The van der Waals surface area contributed by atoms with Gasteiger partial charge in [0.05, 0.1) is 11.4 Å². The Morgan fingerprint density at radius 1 is 1.25 bits per heavy atom. The minimum Gasteiger partial charge on any atom is -0.483 e. The number of thiazole rings is 1. The molecule has 2 heterocycles. The molecule has 0 unspecified atom stereocenters. The Bertz CT molecular complexity index is 847. The van der Waals surface area contributed by atoms with E-state index in [1.54, 1.807) is 0 Å². The van der Waals surface area contributed by atoms with Crippen molar-refractivity contribution < 1.29 is 9.53 Å². The summed E-state index contributed by atoms with van der Waals surface area (Å²) in [6.07, 6.45) is 1.96. The number of carbonyl (C=O) groups is 1. The van der Waals surface area contributed by atoms with Crippen LogP contribution < -0.4 is 10.1 Å². The number of rotatable bonds is 5. The van der Waals surface area contributed by atoms with Crippen molar-refractivity contribution in [3.63, 3.8) is 0 Å². The lowest BCUT2D eigenvalue weighted by atomic mass is 10.1. The van der Waals surface area contributed by atoms with Crippen molar-refractivity contribution in [3.05, 3.63) is 53.0 Å². The monoisotopic (exact) mass is 341 g/mol. The number of nitrogens with zero attached hydrogens (tertiary/aromatic N) is 2. The van der Waals surface area contributed by atoms with Crippen LogP contribution in [0.1, 0.15) is 11.1 Å². The number of amides is 1. The van der Waals surface area contributed by atoms with Crippen LogP contribution in [0, 0.1) is 13.8 Å². The average Bonchev–Trinajstić information content (AvgIpc) is 3.15. The first kappa shape index (κ1) is 16.3. The number of aryl methyl sites for hydroxylation is 3. The lowest BCUT2D eigenvalue weighted by Crippen LogP contribution is -2.20. The maximum atomic E-state index is 12.1. The number of para-hydroxylation sites is 1. The van der Waals surface area contributed by atoms with Crippen molar-refractivity contribution in [3.8, 4) is 17.1 Å². The molecule has 3 aromatic rings. The van der Waals surface area contributed by atoms with Crippen molar-refractivity contribution in [2.75, 3.05) is 11.9 Å². The summed E-state index contributed by atoms with van der Waals surface area (Å²) in [5.74, 6) is 0.543. The van der Waals surface area contributed by atoms with Crippen LogP contribution in [0.2, 0.25) is 0 Å². The van der Waals surface area contributed by atoms with Gasteiger partial charge in [0.1, 0.15) is 5.75 Å². The summed E-state index contributed by atoms with van der Waals surface area (Å²) in [6.45, 7) is 3.89. The molecule has 3 rings (SSSR count). The Labute approximate surface area is 144 Å². The zero-order chi connectivity index (χ0) is 17.1. The number of hydrogen-bond acceptors (Lipinski definition) is 4. The highest BCUT2D eigenvalue weighted by Crippen LogP contribution is 2.25. The molecule has 5 nitrogen and oxygen atoms in total. The van der Waals surface area contributed by atoms with E-state index in [2.05, 4.69) is 10.3 Å². The van der Waals surface area contributed by atoms with Gasteiger partial charge in [-0.15, -0.1) is 11.3 Å². The summed E-state index contributed by atoms with van der Waals surface area (Å²) in [5, 5.41) is 5.29. The Balaban J connectivity index is 1.62. The first-order valence-corrected chi connectivity index (χ1v) is 8.48. The van der Waals surface area contributed by atoms with Crippen LogP contribution in [0.3, 0.4) is 0 Å². The molecule has 0 aliphatic rings. The van der Waals surface area contributed by atoms with E-state index in [4.69, 9.17) is 4.74 Å². The molecule has 6 heteroatoms. The van der Waals surface area contributed by atoms with Gasteiger partial charge >= 0.3 is 0 Å². The predicted molar refractivity (Wildman–Crippen MR) is 96.6 cm³/mol. The Kier molecular flexibility index (Phi) is 4.66. The van der Waals surface area contributed by atoms with Crippen molar-refractivity contribution in [2.24, 2.45) is 7.05 Å². The van der Waals surface area contributed by atoms with Crippen LogP contribution >= 0.6 is 11.3 Å². The van der Waals surface area contributed by atoms with Gasteiger partial charge in [-0.05, 0) is 37.1 Å². The van der Waals surface area contributed by atoms with E-state index in [1.165, 1.54) is 11.3 Å². The fraction of sp³-hybridized carbons (Fsp3) is 0.222.